The summed E-state index contributed by atoms with van der Waals surface area (Å²) in [5.41, 5.74) is 5.71. The summed E-state index contributed by atoms with van der Waals surface area (Å²) in [4.78, 5) is 39.7. The smallest absolute Gasteiger partial charge is 0.369 e. The molecule has 212 valence electrons. The Morgan fingerprint density at radius 2 is 1.93 bits per heavy atom. The second-order valence-corrected chi connectivity index (χ2v) is 9.56. The van der Waals surface area contributed by atoms with Crippen LogP contribution in [-0.2, 0) is 11.0 Å². The molecule has 3 aromatic heterocycles. The van der Waals surface area contributed by atoms with Crippen LogP contribution in [0.1, 0.15) is 52.9 Å². The number of anilines is 2. The maximum absolute atomic E-state index is 14.3. The van der Waals surface area contributed by atoms with Gasteiger partial charge in [0.1, 0.15) is 11.6 Å². The molecule has 0 bridgehead atoms. The summed E-state index contributed by atoms with van der Waals surface area (Å²) in [6, 6.07) is 9.45. The molecule has 4 heterocycles. The van der Waals surface area contributed by atoms with Gasteiger partial charge in [0, 0.05) is 37.0 Å². The number of hydrogen-bond acceptors (Lipinski definition) is 7. The van der Waals surface area contributed by atoms with Gasteiger partial charge in [0.2, 0.25) is 5.95 Å². The van der Waals surface area contributed by atoms with Crippen LogP contribution in [0.3, 0.4) is 0 Å². The van der Waals surface area contributed by atoms with E-state index in [2.05, 4.69) is 27.1 Å². The number of nitrogen functional groups attached to an aromatic ring is 1. The predicted molar refractivity (Wildman–Crippen MR) is 147 cm³/mol. The first-order chi connectivity index (χ1) is 20.1. The van der Waals surface area contributed by atoms with Crippen LogP contribution in [0.5, 0.6) is 0 Å². The highest BCUT2D eigenvalue weighted by Crippen LogP contribution is 2.38. The minimum Gasteiger partial charge on any atom is -0.369 e. The monoisotopic (exact) mass is 572 g/mol. The van der Waals surface area contributed by atoms with Crippen LogP contribution in [0.25, 0.3) is 16.9 Å². The zero-order valence-electron chi connectivity index (χ0n) is 22.2. The van der Waals surface area contributed by atoms with Gasteiger partial charge in [-0.1, -0.05) is 12.0 Å². The number of halogens is 3. The maximum atomic E-state index is 14.3. The number of nitrogens with zero attached hydrogens (tertiary/aromatic N) is 6. The van der Waals surface area contributed by atoms with Crippen LogP contribution in [0.4, 0.5) is 24.9 Å². The molecule has 1 fully saturated rings. The minimum atomic E-state index is -4.89. The molecular formula is C29H23F3N8O2. The van der Waals surface area contributed by atoms with E-state index in [1.54, 1.807) is 17.9 Å². The van der Waals surface area contributed by atoms with E-state index in [4.69, 9.17) is 16.0 Å². The normalized spacial score (nSPS) is 15.0. The maximum Gasteiger partial charge on any atom is 0.417 e. The third-order valence-electron chi connectivity index (χ3n) is 6.90. The molecular weight excluding hydrogens is 549 g/mol. The third kappa shape index (κ3) is 5.45. The summed E-state index contributed by atoms with van der Waals surface area (Å²) in [5, 5.41) is 11.4. The number of pyridine rings is 1. The molecule has 1 aromatic carbocycles. The van der Waals surface area contributed by atoms with E-state index < -0.39 is 23.2 Å². The molecule has 1 atom stereocenters. The lowest BCUT2D eigenvalue weighted by Crippen LogP contribution is -2.38. The number of amides is 2. The molecule has 3 N–H and O–H groups in total. The molecule has 0 radical (unpaired) electrons. The number of carbonyl (C=O) groups excluding carboxylic acids is 2. The number of carbonyl (C=O) groups is 2. The fourth-order valence-electron chi connectivity index (χ4n) is 5.02. The fraction of sp³-hybridized carbons (Fsp3) is 0.241. The number of piperidine rings is 1. The minimum absolute atomic E-state index is 0.0145. The van der Waals surface area contributed by atoms with Crippen molar-refractivity contribution in [2.45, 2.75) is 31.9 Å². The van der Waals surface area contributed by atoms with Crippen molar-refractivity contribution in [3.63, 3.8) is 0 Å². The van der Waals surface area contributed by atoms with Gasteiger partial charge in [0.05, 0.1) is 34.0 Å². The number of benzene rings is 1. The Hall–Kier alpha value is -5.43. The molecule has 13 heteroatoms. The van der Waals surface area contributed by atoms with Crippen LogP contribution in [0.15, 0.2) is 48.8 Å². The van der Waals surface area contributed by atoms with Crippen molar-refractivity contribution in [3.8, 4) is 29.3 Å². The quantitative estimate of drug-likeness (QED) is 0.348. The van der Waals surface area contributed by atoms with Gasteiger partial charge in [-0.05, 0) is 56.0 Å². The molecule has 1 unspecified atom stereocenters. The number of nitrogens with one attached hydrogen (secondary N) is 1. The highest BCUT2D eigenvalue weighted by atomic mass is 19.4. The lowest BCUT2D eigenvalue weighted by atomic mass is 9.94. The van der Waals surface area contributed by atoms with Gasteiger partial charge < -0.3 is 16.0 Å². The Morgan fingerprint density at radius 3 is 2.67 bits per heavy atom. The topological polar surface area (TPSA) is 142 Å². The lowest BCUT2D eigenvalue weighted by Gasteiger charge is -2.30. The largest absolute Gasteiger partial charge is 0.417 e. The zero-order chi connectivity index (χ0) is 30.0. The Balaban J connectivity index is 1.57. The highest BCUT2D eigenvalue weighted by Gasteiger charge is 2.36. The summed E-state index contributed by atoms with van der Waals surface area (Å²) >= 11 is 0. The Kier molecular flexibility index (Phi) is 7.51. The molecule has 0 aliphatic carbocycles. The number of alkyl halides is 3. The van der Waals surface area contributed by atoms with Gasteiger partial charge in [-0.15, -0.1) is 0 Å². The van der Waals surface area contributed by atoms with Crippen molar-refractivity contribution in [2.75, 3.05) is 24.1 Å². The number of nitriles is 1. The molecule has 4 aromatic rings. The average Bonchev–Trinajstić information content (AvgIpc) is 3.38. The van der Waals surface area contributed by atoms with E-state index in [1.807, 2.05) is 6.07 Å². The van der Waals surface area contributed by atoms with E-state index in [0.29, 0.717) is 37.1 Å². The van der Waals surface area contributed by atoms with Crippen molar-refractivity contribution in [3.05, 3.63) is 71.2 Å². The molecule has 42 heavy (non-hydrogen) atoms. The third-order valence-corrected chi connectivity index (χ3v) is 6.90. The van der Waals surface area contributed by atoms with E-state index in [-0.39, 0.29) is 40.5 Å². The van der Waals surface area contributed by atoms with E-state index in [0.717, 1.165) is 12.1 Å². The number of hydrogen-bond donors (Lipinski definition) is 2. The number of nitrogens with two attached hydrogens (primary N) is 1. The van der Waals surface area contributed by atoms with Crippen molar-refractivity contribution in [1.29, 1.82) is 5.26 Å². The van der Waals surface area contributed by atoms with Crippen molar-refractivity contribution < 1.29 is 22.8 Å². The standard InChI is InChI=1S/C29H23F3N8O2/c1-2-4-24(41)39-12-3-5-19(16-39)25-22-9-11-36-28(34)40(22)26(38-25)18-6-7-20(21(14-18)29(30,31)32)27(42)37-23-13-17(15-33)8-10-35-23/h6-11,13-14,19H,3,5,12,16H2,1H3,(H2,34,36)(H,35,37,42). The van der Waals surface area contributed by atoms with Gasteiger partial charge in [-0.3, -0.25) is 14.0 Å². The highest BCUT2D eigenvalue weighted by molar-refractivity contribution is 6.05. The van der Waals surface area contributed by atoms with Crippen LogP contribution in [0.2, 0.25) is 0 Å². The Morgan fingerprint density at radius 1 is 1.14 bits per heavy atom. The second kappa shape index (κ2) is 11.2. The molecule has 1 aliphatic rings. The second-order valence-electron chi connectivity index (χ2n) is 9.56. The van der Waals surface area contributed by atoms with Gasteiger partial charge >= 0.3 is 6.18 Å². The van der Waals surface area contributed by atoms with Gasteiger partial charge in [-0.25, -0.2) is 15.0 Å². The first kappa shape index (κ1) is 28.1. The number of aromatic nitrogens is 4. The summed E-state index contributed by atoms with van der Waals surface area (Å²) in [7, 11) is 0. The SMILES string of the molecule is CC#CC(=O)N1CCCC(c2nc(-c3ccc(C(=O)Nc4cc(C#N)ccn4)c(C(F)(F)F)c3)n3c(N)nccc23)C1. The van der Waals surface area contributed by atoms with Crippen LogP contribution in [0, 0.1) is 23.2 Å². The molecule has 0 spiro atoms. The van der Waals surface area contributed by atoms with Crippen LogP contribution in [-0.4, -0.2) is 49.2 Å². The van der Waals surface area contributed by atoms with E-state index in [9.17, 15) is 22.8 Å². The number of rotatable bonds is 4. The van der Waals surface area contributed by atoms with E-state index in [1.165, 1.54) is 35.0 Å². The summed E-state index contributed by atoms with van der Waals surface area (Å²) < 4.78 is 44.3. The Labute approximate surface area is 238 Å². The van der Waals surface area contributed by atoms with Gasteiger partial charge in [0.25, 0.3) is 11.8 Å². The average molecular weight is 573 g/mol. The van der Waals surface area contributed by atoms with E-state index >= 15 is 0 Å². The van der Waals surface area contributed by atoms with Gasteiger partial charge in [0.15, 0.2) is 0 Å². The molecule has 1 saturated heterocycles. The number of fused-ring (bicyclic) bond motifs is 1. The molecule has 5 rings (SSSR count). The number of likely N-dealkylation sites (tertiary alicyclic amines) is 1. The lowest BCUT2D eigenvalue weighted by molar-refractivity contribution is -0.137. The Bertz CT molecular complexity index is 1810. The van der Waals surface area contributed by atoms with Gasteiger partial charge in [-0.2, -0.15) is 18.4 Å². The number of imidazole rings is 1. The van der Waals surface area contributed by atoms with Crippen LogP contribution >= 0.6 is 0 Å². The van der Waals surface area contributed by atoms with Crippen molar-refractivity contribution in [1.82, 2.24) is 24.3 Å². The first-order valence-corrected chi connectivity index (χ1v) is 12.8. The summed E-state index contributed by atoms with van der Waals surface area (Å²) in [6.07, 6.45) is -0.747. The zero-order valence-corrected chi connectivity index (χ0v) is 22.2. The summed E-state index contributed by atoms with van der Waals surface area (Å²) in [6.45, 7) is 2.47. The first-order valence-electron chi connectivity index (χ1n) is 12.8. The summed E-state index contributed by atoms with van der Waals surface area (Å²) in [5.74, 6) is 3.65. The molecule has 1 aliphatic heterocycles. The molecule has 0 saturated carbocycles. The van der Waals surface area contributed by atoms with Crippen molar-refractivity contribution >= 4 is 29.1 Å². The molecule has 2 amide bonds. The predicted octanol–water partition coefficient (Wildman–Crippen LogP) is 4.25. The fourth-order valence-corrected chi connectivity index (χ4v) is 5.02. The van der Waals surface area contributed by atoms with Crippen LogP contribution < -0.4 is 11.1 Å². The van der Waals surface area contributed by atoms with Crippen molar-refractivity contribution in [2.24, 2.45) is 0 Å². The molecule has 10 nitrogen and oxygen atoms in total.